The third-order valence-electron chi connectivity index (χ3n) is 3.66. The van der Waals surface area contributed by atoms with Gasteiger partial charge < -0.3 is 18.9 Å². The maximum absolute atomic E-state index is 14.2. The van der Waals surface area contributed by atoms with E-state index in [1.807, 2.05) is 0 Å². The Labute approximate surface area is 182 Å². The molecule has 0 aromatic heterocycles. The highest BCUT2D eigenvalue weighted by Crippen LogP contribution is 2.20. The van der Waals surface area contributed by atoms with Gasteiger partial charge in [0.1, 0.15) is 23.1 Å². The topological polar surface area (TPSA) is 88.1 Å². The van der Waals surface area contributed by atoms with Crippen LogP contribution in [0.15, 0.2) is 73.1 Å². The first-order valence-corrected chi connectivity index (χ1v) is 8.94. The monoisotopic (exact) mass is 444 g/mol. The quantitative estimate of drug-likeness (QED) is 0.329. The van der Waals surface area contributed by atoms with E-state index in [-0.39, 0.29) is 35.0 Å². The van der Waals surface area contributed by atoms with Crippen molar-refractivity contribution in [3.63, 3.8) is 0 Å². The fourth-order valence-electron chi connectivity index (χ4n) is 2.17. The van der Waals surface area contributed by atoms with Crippen LogP contribution in [0.25, 0.3) is 6.08 Å². The van der Waals surface area contributed by atoms with Crippen LogP contribution >= 0.6 is 0 Å². The SMILES string of the molecule is C=C(F)C(=O)Oc1ccc(OC(=O)/C=C/c2ccc(OC(=O)C(=C)COC)cc2F)cc1. The van der Waals surface area contributed by atoms with Crippen LogP contribution in [0.3, 0.4) is 0 Å². The van der Waals surface area contributed by atoms with Gasteiger partial charge in [0.05, 0.1) is 12.2 Å². The molecule has 0 heterocycles. The summed E-state index contributed by atoms with van der Waals surface area (Å²) in [6, 6.07) is 8.84. The number of halogens is 2. The average molecular weight is 444 g/mol. The number of ether oxygens (including phenoxy) is 4. The van der Waals surface area contributed by atoms with Gasteiger partial charge in [-0.15, -0.1) is 0 Å². The van der Waals surface area contributed by atoms with Crippen molar-refractivity contribution >= 4 is 24.0 Å². The molecule has 2 rings (SSSR count). The molecule has 0 fully saturated rings. The van der Waals surface area contributed by atoms with E-state index in [0.717, 1.165) is 12.1 Å². The number of carbonyl (C=O) groups excluding carboxylic acids is 3. The van der Waals surface area contributed by atoms with E-state index in [0.29, 0.717) is 0 Å². The Balaban J connectivity index is 1.95. The zero-order chi connectivity index (χ0) is 23.7. The van der Waals surface area contributed by atoms with Gasteiger partial charge in [0.15, 0.2) is 0 Å². The average Bonchev–Trinajstić information content (AvgIpc) is 2.74. The third kappa shape index (κ3) is 7.29. The second-order valence-corrected chi connectivity index (χ2v) is 6.13. The van der Waals surface area contributed by atoms with Gasteiger partial charge in [-0.2, -0.15) is 4.39 Å². The first-order valence-electron chi connectivity index (χ1n) is 8.94. The summed E-state index contributed by atoms with van der Waals surface area (Å²) in [6.45, 7) is 6.29. The van der Waals surface area contributed by atoms with Crippen LogP contribution in [-0.2, 0) is 19.1 Å². The van der Waals surface area contributed by atoms with Crippen molar-refractivity contribution in [3.05, 3.63) is 84.5 Å². The maximum atomic E-state index is 14.2. The largest absolute Gasteiger partial charge is 0.423 e. The number of rotatable bonds is 9. The van der Waals surface area contributed by atoms with E-state index in [2.05, 4.69) is 17.9 Å². The zero-order valence-electron chi connectivity index (χ0n) is 16.9. The smallest absolute Gasteiger partial charge is 0.371 e. The summed E-state index contributed by atoms with van der Waals surface area (Å²) < 4.78 is 46.3. The van der Waals surface area contributed by atoms with Gasteiger partial charge in [-0.25, -0.2) is 18.8 Å². The van der Waals surface area contributed by atoms with Gasteiger partial charge in [0.25, 0.3) is 0 Å². The van der Waals surface area contributed by atoms with E-state index in [1.54, 1.807) is 0 Å². The summed E-state index contributed by atoms with van der Waals surface area (Å²) in [5.74, 6) is -4.69. The van der Waals surface area contributed by atoms with Crippen molar-refractivity contribution in [2.24, 2.45) is 0 Å². The molecule has 2 aromatic carbocycles. The number of carbonyl (C=O) groups is 3. The lowest BCUT2D eigenvalue weighted by molar-refractivity contribution is -0.132. The maximum Gasteiger partial charge on any atom is 0.371 e. The third-order valence-corrected chi connectivity index (χ3v) is 3.66. The normalized spacial score (nSPS) is 10.5. The molecule has 0 amide bonds. The van der Waals surface area contributed by atoms with Crippen LogP contribution in [-0.4, -0.2) is 31.6 Å². The molecule has 0 unspecified atom stereocenters. The van der Waals surface area contributed by atoms with Crippen molar-refractivity contribution in [2.75, 3.05) is 13.7 Å². The minimum absolute atomic E-state index is 0.0223. The molecular weight excluding hydrogens is 426 g/mol. The first-order chi connectivity index (χ1) is 15.2. The summed E-state index contributed by atoms with van der Waals surface area (Å²) >= 11 is 0. The van der Waals surface area contributed by atoms with Crippen molar-refractivity contribution in [1.29, 1.82) is 0 Å². The van der Waals surface area contributed by atoms with Crippen molar-refractivity contribution in [1.82, 2.24) is 0 Å². The second kappa shape index (κ2) is 11.3. The number of hydrogen-bond acceptors (Lipinski definition) is 7. The van der Waals surface area contributed by atoms with Crippen LogP contribution < -0.4 is 14.2 Å². The predicted octanol–water partition coefficient (Wildman–Crippen LogP) is 3.94. The Hall–Kier alpha value is -4.11. The van der Waals surface area contributed by atoms with Gasteiger partial charge in [0, 0.05) is 24.8 Å². The molecule has 32 heavy (non-hydrogen) atoms. The Morgan fingerprint density at radius 1 is 0.906 bits per heavy atom. The molecule has 7 nitrogen and oxygen atoms in total. The fraction of sp³-hybridized carbons (Fsp3) is 0.0870. The molecule has 0 aliphatic heterocycles. The van der Waals surface area contributed by atoms with Crippen LogP contribution in [0, 0.1) is 5.82 Å². The molecule has 0 saturated carbocycles. The lowest BCUT2D eigenvalue weighted by atomic mass is 10.2. The van der Waals surface area contributed by atoms with Crippen molar-refractivity contribution < 1.29 is 42.1 Å². The van der Waals surface area contributed by atoms with Gasteiger partial charge >= 0.3 is 17.9 Å². The van der Waals surface area contributed by atoms with Gasteiger partial charge in [-0.1, -0.05) is 13.2 Å². The lowest BCUT2D eigenvalue weighted by Gasteiger charge is -2.07. The molecule has 2 aromatic rings. The van der Waals surface area contributed by atoms with Crippen LogP contribution in [0.2, 0.25) is 0 Å². The Morgan fingerprint density at radius 2 is 1.47 bits per heavy atom. The molecule has 0 spiro atoms. The highest BCUT2D eigenvalue weighted by Gasteiger charge is 2.12. The fourth-order valence-corrected chi connectivity index (χ4v) is 2.17. The summed E-state index contributed by atoms with van der Waals surface area (Å²) in [6.07, 6.45) is 2.17. The minimum Gasteiger partial charge on any atom is -0.423 e. The molecule has 0 atom stereocenters. The molecule has 0 aliphatic carbocycles. The van der Waals surface area contributed by atoms with Gasteiger partial charge in [-0.05, 0) is 42.5 Å². The molecule has 9 heteroatoms. The molecule has 0 bridgehead atoms. The second-order valence-electron chi connectivity index (χ2n) is 6.13. The Kier molecular flexibility index (Phi) is 8.55. The number of hydrogen-bond donors (Lipinski definition) is 0. The van der Waals surface area contributed by atoms with Crippen molar-refractivity contribution in [2.45, 2.75) is 0 Å². The van der Waals surface area contributed by atoms with Gasteiger partial charge in [-0.3, -0.25) is 0 Å². The van der Waals surface area contributed by atoms with E-state index in [1.165, 1.54) is 49.6 Å². The highest BCUT2D eigenvalue weighted by molar-refractivity contribution is 5.90. The Bertz CT molecular complexity index is 1070. The molecule has 0 radical (unpaired) electrons. The van der Waals surface area contributed by atoms with E-state index < -0.39 is 29.6 Å². The van der Waals surface area contributed by atoms with Crippen molar-refractivity contribution in [3.8, 4) is 17.2 Å². The molecule has 0 aliphatic rings. The zero-order valence-corrected chi connectivity index (χ0v) is 16.9. The standard InChI is InChI=1S/C23H18F2O7/c1-14(13-29-3)22(27)32-19-6-4-16(20(25)12-19)5-11-21(26)30-17-7-9-18(10-8-17)31-23(28)15(2)24/h4-12H,1-2,13H2,3H3/b11-5+. The summed E-state index contributed by atoms with van der Waals surface area (Å²) in [5, 5.41) is 0. The van der Waals surface area contributed by atoms with E-state index in [4.69, 9.17) is 14.2 Å². The number of methoxy groups -OCH3 is 1. The predicted molar refractivity (Wildman–Crippen MR) is 110 cm³/mol. The molecule has 0 N–H and O–H groups in total. The lowest BCUT2D eigenvalue weighted by Crippen LogP contribution is -2.14. The van der Waals surface area contributed by atoms with Crippen LogP contribution in [0.4, 0.5) is 8.78 Å². The molecule has 0 saturated heterocycles. The summed E-state index contributed by atoms with van der Waals surface area (Å²) in [7, 11) is 1.39. The van der Waals surface area contributed by atoms with Crippen LogP contribution in [0.1, 0.15) is 5.56 Å². The van der Waals surface area contributed by atoms with E-state index in [9.17, 15) is 23.2 Å². The Morgan fingerprint density at radius 3 is 2.03 bits per heavy atom. The number of benzene rings is 2. The first kappa shape index (κ1) is 24.2. The van der Waals surface area contributed by atoms with Gasteiger partial charge in [0.2, 0.25) is 5.83 Å². The van der Waals surface area contributed by atoms with Crippen LogP contribution in [0.5, 0.6) is 17.2 Å². The molecular formula is C23H18F2O7. The molecule has 166 valence electrons. The highest BCUT2D eigenvalue weighted by atomic mass is 19.1. The number of esters is 3. The van der Waals surface area contributed by atoms with E-state index >= 15 is 0 Å². The summed E-state index contributed by atoms with van der Waals surface area (Å²) in [5.41, 5.74) is 0.116. The minimum atomic E-state index is -1.25. The summed E-state index contributed by atoms with van der Waals surface area (Å²) in [4.78, 5) is 34.8.